The molecule has 0 aliphatic carbocycles. The van der Waals surface area contributed by atoms with E-state index in [2.05, 4.69) is 21.6 Å². The summed E-state index contributed by atoms with van der Waals surface area (Å²) in [5.41, 5.74) is 2.34. The number of hydrogen-bond acceptors (Lipinski definition) is 5. The molecule has 0 spiro atoms. The molecule has 20 heavy (non-hydrogen) atoms. The van der Waals surface area contributed by atoms with Gasteiger partial charge < -0.3 is 10.2 Å². The Balaban J connectivity index is 2.86. The van der Waals surface area contributed by atoms with Crippen LogP contribution in [0.1, 0.15) is 37.1 Å². The fourth-order valence-electron chi connectivity index (χ4n) is 1.93. The number of nitrogens with zero attached hydrogens (tertiary/aromatic N) is 4. The molecule has 108 valence electrons. The van der Waals surface area contributed by atoms with E-state index in [1.807, 2.05) is 13.8 Å². The minimum atomic E-state index is 0.0323. The van der Waals surface area contributed by atoms with Crippen LogP contribution < -0.4 is 5.32 Å². The average molecular weight is 275 g/mol. The summed E-state index contributed by atoms with van der Waals surface area (Å²) in [6.45, 7) is 4.43. The maximum absolute atomic E-state index is 11.5. The summed E-state index contributed by atoms with van der Waals surface area (Å²) in [5, 5.41) is 20.6. The smallest absolute Gasteiger partial charge is 0.223 e. The summed E-state index contributed by atoms with van der Waals surface area (Å²) in [7, 11) is 3.43. The predicted octanol–water partition coefficient (Wildman–Crippen LogP) is 1.36. The third-order valence-corrected chi connectivity index (χ3v) is 3.09. The largest absolute Gasteiger partial charge is 0.367 e. The van der Waals surface area contributed by atoms with Gasteiger partial charge in [0.25, 0.3) is 0 Å². The lowest BCUT2D eigenvalue weighted by Crippen LogP contribution is -2.24. The molecule has 6 heteroatoms. The Kier molecular flexibility index (Phi) is 5.91. The normalized spacial score (nSPS) is 9.95. The zero-order valence-corrected chi connectivity index (χ0v) is 12.5. The first kappa shape index (κ1) is 15.9. The number of anilines is 1. The molecule has 0 unspecified atom stereocenters. The zero-order chi connectivity index (χ0) is 15.1. The van der Waals surface area contributed by atoms with Crippen molar-refractivity contribution in [3.05, 3.63) is 16.8 Å². The van der Waals surface area contributed by atoms with Crippen molar-refractivity contribution >= 4 is 11.7 Å². The van der Waals surface area contributed by atoms with Crippen molar-refractivity contribution in [2.75, 3.05) is 26.0 Å². The molecule has 1 heterocycles. The summed E-state index contributed by atoms with van der Waals surface area (Å²) in [4.78, 5) is 13.0. The number of carbonyl (C=O) groups excluding carboxylic acids is 1. The number of carbonyl (C=O) groups is 1. The first-order valence-corrected chi connectivity index (χ1v) is 6.77. The van der Waals surface area contributed by atoms with Gasteiger partial charge in [-0.05, 0) is 18.4 Å². The Morgan fingerprint density at radius 1 is 1.30 bits per heavy atom. The Morgan fingerprint density at radius 2 is 2.00 bits per heavy atom. The van der Waals surface area contributed by atoms with Crippen molar-refractivity contribution in [3.8, 4) is 6.07 Å². The van der Waals surface area contributed by atoms with E-state index in [1.54, 1.807) is 14.1 Å². The van der Waals surface area contributed by atoms with Gasteiger partial charge in [-0.2, -0.15) is 10.4 Å². The summed E-state index contributed by atoms with van der Waals surface area (Å²) < 4.78 is 0. The fraction of sp³-hybridized carbons (Fsp3) is 0.571. The predicted molar refractivity (Wildman–Crippen MR) is 77.3 cm³/mol. The molecule has 0 aliphatic heterocycles. The summed E-state index contributed by atoms with van der Waals surface area (Å²) in [5.74, 6) is 0.498. The molecule has 0 bridgehead atoms. The van der Waals surface area contributed by atoms with E-state index >= 15 is 0 Å². The minimum Gasteiger partial charge on any atom is -0.367 e. The number of rotatable bonds is 6. The van der Waals surface area contributed by atoms with Crippen LogP contribution in [0, 0.1) is 11.3 Å². The Morgan fingerprint density at radius 3 is 2.50 bits per heavy atom. The molecule has 1 rings (SSSR count). The number of aromatic nitrogens is 2. The second kappa shape index (κ2) is 7.43. The van der Waals surface area contributed by atoms with Crippen LogP contribution in [-0.4, -0.2) is 41.6 Å². The molecule has 0 aliphatic rings. The lowest BCUT2D eigenvalue weighted by Gasteiger charge is -2.13. The quantitative estimate of drug-likeness (QED) is 0.847. The Labute approximate surface area is 119 Å². The molecule has 6 nitrogen and oxygen atoms in total. The van der Waals surface area contributed by atoms with Gasteiger partial charge in [0.05, 0.1) is 5.69 Å². The number of hydrogen-bond donors (Lipinski definition) is 1. The minimum absolute atomic E-state index is 0.0323. The van der Waals surface area contributed by atoms with Crippen LogP contribution >= 0.6 is 0 Å². The number of nitriles is 1. The van der Waals surface area contributed by atoms with Crippen LogP contribution in [0.15, 0.2) is 0 Å². The Hall–Kier alpha value is -2.16. The first-order chi connectivity index (χ1) is 9.54. The molecule has 0 fully saturated rings. The van der Waals surface area contributed by atoms with E-state index in [-0.39, 0.29) is 5.91 Å². The summed E-state index contributed by atoms with van der Waals surface area (Å²) in [6, 6.07) is 2.19. The molecule has 0 atom stereocenters. The highest BCUT2D eigenvalue weighted by Gasteiger charge is 2.14. The van der Waals surface area contributed by atoms with Crippen molar-refractivity contribution in [3.63, 3.8) is 0 Å². The third kappa shape index (κ3) is 3.67. The lowest BCUT2D eigenvalue weighted by molar-refractivity contribution is -0.128. The van der Waals surface area contributed by atoms with Gasteiger partial charge in [-0.25, -0.2) is 0 Å². The molecule has 1 aromatic rings. The second-order valence-electron chi connectivity index (χ2n) is 4.63. The second-order valence-corrected chi connectivity index (χ2v) is 4.63. The maximum Gasteiger partial charge on any atom is 0.223 e. The first-order valence-electron chi connectivity index (χ1n) is 6.77. The van der Waals surface area contributed by atoms with Gasteiger partial charge in [-0.15, -0.1) is 5.10 Å². The van der Waals surface area contributed by atoms with Crippen molar-refractivity contribution in [2.24, 2.45) is 0 Å². The zero-order valence-electron chi connectivity index (χ0n) is 12.5. The lowest BCUT2D eigenvalue weighted by atomic mass is 10.0. The number of amides is 1. The van der Waals surface area contributed by atoms with Crippen LogP contribution in [-0.2, 0) is 17.6 Å². The SMILES string of the molecule is CCc1nnc(NCCC(=O)N(C)C)c(C#N)c1CC. The number of aryl methyl sites for hydroxylation is 1. The molecule has 1 N–H and O–H groups in total. The van der Waals surface area contributed by atoms with E-state index in [1.165, 1.54) is 4.90 Å². The van der Waals surface area contributed by atoms with Gasteiger partial charge >= 0.3 is 0 Å². The van der Waals surface area contributed by atoms with Gasteiger partial charge in [-0.1, -0.05) is 13.8 Å². The van der Waals surface area contributed by atoms with Gasteiger partial charge in [-0.3, -0.25) is 4.79 Å². The highest BCUT2D eigenvalue weighted by molar-refractivity contribution is 5.76. The summed E-state index contributed by atoms with van der Waals surface area (Å²) in [6.07, 6.45) is 1.85. The highest BCUT2D eigenvalue weighted by atomic mass is 16.2. The topological polar surface area (TPSA) is 81.9 Å². The third-order valence-electron chi connectivity index (χ3n) is 3.09. The summed E-state index contributed by atoms with van der Waals surface area (Å²) >= 11 is 0. The van der Waals surface area contributed by atoms with Gasteiger partial charge in [0.2, 0.25) is 5.91 Å². The van der Waals surface area contributed by atoms with E-state index in [0.717, 1.165) is 24.1 Å². The van der Waals surface area contributed by atoms with Gasteiger partial charge in [0.15, 0.2) is 5.82 Å². The maximum atomic E-state index is 11.5. The van der Waals surface area contributed by atoms with E-state index < -0.39 is 0 Å². The van der Waals surface area contributed by atoms with Crippen molar-refractivity contribution in [1.29, 1.82) is 5.26 Å². The molecule has 0 saturated heterocycles. The number of nitrogens with one attached hydrogen (secondary N) is 1. The van der Waals surface area contributed by atoms with Gasteiger partial charge in [0.1, 0.15) is 11.6 Å². The molecule has 1 amide bonds. The van der Waals surface area contributed by atoms with Crippen molar-refractivity contribution in [1.82, 2.24) is 15.1 Å². The molecule has 0 aromatic carbocycles. The Bertz CT molecular complexity index is 519. The molecule has 0 radical (unpaired) electrons. The van der Waals surface area contributed by atoms with Crippen LogP contribution in [0.5, 0.6) is 0 Å². The monoisotopic (exact) mass is 275 g/mol. The average Bonchev–Trinajstić information content (AvgIpc) is 2.45. The van der Waals surface area contributed by atoms with Gasteiger partial charge in [0, 0.05) is 27.1 Å². The van der Waals surface area contributed by atoms with E-state index in [4.69, 9.17) is 0 Å². The van der Waals surface area contributed by atoms with Crippen LogP contribution in [0.2, 0.25) is 0 Å². The molecule has 1 aromatic heterocycles. The van der Waals surface area contributed by atoms with Crippen LogP contribution in [0.3, 0.4) is 0 Å². The molecule has 0 saturated carbocycles. The standard InChI is InChI=1S/C14H21N5O/c1-5-10-11(9-15)14(18-17-12(10)6-2)16-8-7-13(20)19(3)4/h5-8H2,1-4H3,(H,16,18). The van der Waals surface area contributed by atoms with E-state index in [9.17, 15) is 10.1 Å². The highest BCUT2D eigenvalue weighted by Crippen LogP contribution is 2.19. The fourth-order valence-corrected chi connectivity index (χ4v) is 1.93. The van der Waals surface area contributed by atoms with E-state index in [0.29, 0.717) is 24.3 Å². The van der Waals surface area contributed by atoms with Crippen LogP contribution in [0.4, 0.5) is 5.82 Å². The van der Waals surface area contributed by atoms with Crippen molar-refractivity contribution < 1.29 is 4.79 Å². The van der Waals surface area contributed by atoms with Crippen molar-refractivity contribution in [2.45, 2.75) is 33.1 Å². The molecular formula is C14H21N5O. The van der Waals surface area contributed by atoms with Crippen LogP contribution in [0.25, 0.3) is 0 Å². The molecular weight excluding hydrogens is 254 g/mol.